The summed E-state index contributed by atoms with van der Waals surface area (Å²) in [6.07, 6.45) is 0.736. The Morgan fingerprint density at radius 1 is 1.69 bits per heavy atom. The molecule has 0 N–H and O–H groups in total. The van der Waals surface area contributed by atoms with Crippen molar-refractivity contribution in [2.45, 2.75) is 39.7 Å². The van der Waals surface area contributed by atoms with E-state index in [1.807, 2.05) is 6.92 Å². The zero-order chi connectivity index (χ0) is 12.3. The molecular weight excluding hydrogens is 208 g/mol. The van der Waals surface area contributed by atoms with Crippen LogP contribution in [0.5, 0.6) is 0 Å². The Labute approximate surface area is 95.6 Å². The van der Waals surface area contributed by atoms with Gasteiger partial charge in [-0.25, -0.2) is 4.79 Å². The van der Waals surface area contributed by atoms with E-state index in [1.165, 1.54) is 0 Å². The third-order valence-electron chi connectivity index (χ3n) is 3.23. The Morgan fingerprint density at radius 2 is 2.31 bits per heavy atom. The molecule has 0 aromatic heterocycles. The first-order valence-corrected chi connectivity index (χ1v) is 5.47. The third-order valence-corrected chi connectivity index (χ3v) is 3.23. The van der Waals surface area contributed by atoms with Gasteiger partial charge in [0.1, 0.15) is 11.5 Å². The fourth-order valence-corrected chi connectivity index (χ4v) is 1.92. The van der Waals surface area contributed by atoms with Gasteiger partial charge in [-0.3, -0.25) is 4.79 Å². The van der Waals surface area contributed by atoms with Crippen LogP contribution in [0.2, 0.25) is 0 Å². The summed E-state index contributed by atoms with van der Waals surface area (Å²) in [5, 5.41) is 0. The quantitative estimate of drug-likeness (QED) is 0.542. The van der Waals surface area contributed by atoms with Gasteiger partial charge >= 0.3 is 11.9 Å². The molecule has 1 aliphatic rings. The number of rotatable bonds is 4. The molecular formula is C12H18O4. The van der Waals surface area contributed by atoms with E-state index >= 15 is 0 Å². The minimum Gasteiger partial charge on any atom is -0.465 e. The fourth-order valence-electron chi connectivity index (χ4n) is 1.92. The van der Waals surface area contributed by atoms with E-state index in [0.717, 1.165) is 0 Å². The number of cyclic esters (lactones) is 1. The second-order valence-electron chi connectivity index (χ2n) is 4.22. The zero-order valence-electron chi connectivity index (χ0n) is 10.0. The van der Waals surface area contributed by atoms with E-state index in [1.54, 1.807) is 13.8 Å². The minimum absolute atomic E-state index is 0.267. The molecule has 4 nitrogen and oxygen atoms in total. The Bertz CT molecular complexity index is 321. The predicted molar refractivity (Wildman–Crippen MR) is 58.7 cm³/mol. The van der Waals surface area contributed by atoms with E-state index in [9.17, 15) is 9.59 Å². The SMILES string of the molecule is C=C(C)C(=O)OC(C)C1(CC)CCOC1=O. The number of carbonyl (C=O) groups excluding carboxylic acids is 2. The van der Waals surface area contributed by atoms with Crippen molar-refractivity contribution in [2.24, 2.45) is 5.41 Å². The van der Waals surface area contributed by atoms with Crippen LogP contribution in [0.25, 0.3) is 0 Å². The van der Waals surface area contributed by atoms with Crippen LogP contribution in [0.3, 0.4) is 0 Å². The predicted octanol–water partition coefficient (Wildman–Crippen LogP) is 1.84. The van der Waals surface area contributed by atoms with Gasteiger partial charge in [-0.1, -0.05) is 13.5 Å². The van der Waals surface area contributed by atoms with Crippen molar-refractivity contribution in [3.8, 4) is 0 Å². The molecule has 0 aliphatic carbocycles. The molecule has 0 saturated carbocycles. The maximum Gasteiger partial charge on any atom is 0.333 e. The van der Waals surface area contributed by atoms with Gasteiger partial charge in [-0.15, -0.1) is 0 Å². The normalized spacial score (nSPS) is 26.1. The standard InChI is InChI=1S/C12H18O4/c1-5-12(6-7-15-11(12)14)9(4)16-10(13)8(2)3/h9H,2,5-7H2,1,3-4H3. The van der Waals surface area contributed by atoms with Crippen molar-refractivity contribution >= 4 is 11.9 Å². The lowest BCUT2D eigenvalue weighted by atomic mass is 9.79. The van der Waals surface area contributed by atoms with Crippen LogP contribution in [0.15, 0.2) is 12.2 Å². The van der Waals surface area contributed by atoms with Gasteiger partial charge in [0.05, 0.1) is 6.61 Å². The highest BCUT2D eigenvalue weighted by Crippen LogP contribution is 2.38. The molecule has 4 heteroatoms. The van der Waals surface area contributed by atoms with Gasteiger partial charge in [0.25, 0.3) is 0 Å². The summed E-state index contributed by atoms with van der Waals surface area (Å²) in [5.74, 6) is -0.725. The monoisotopic (exact) mass is 226 g/mol. The largest absolute Gasteiger partial charge is 0.465 e. The van der Waals surface area contributed by atoms with Gasteiger partial charge in [-0.2, -0.15) is 0 Å². The second-order valence-corrected chi connectivity index (χ2v) is 4.22. The Hall–Kier alpha value is -1.32. The first-order chi connectivity index (χ1) is 7.44. The van der Waals surface area contributed by atoms with Crippen LogP contribution < -0.4 is 0 Å². The Balaban J connectivity index is 2.77. The molecule has 2 atom stereocenters. The van der Waals surface area contributed by atoms with Gasteiger partial charge < -0.3 is 9.47 Å². The summed E-state index contributed by atoms with van der Waals surface area (Å²) in [6.45, 7) is 9.13. The lowest BCUT2D eigenvalue weighted by molar-refractivity contribution is -0.161. The number of carbonyl (C=O) groups is 2. The maximum absolute atomic E-state index is 11.7. The van der Waals surface area contributed by atoms with Crippen molar-refractivity contribution in [2.75, 3.05) is 6.61 Å². The molecule has 0 spiro atoms. The molecule has 0 radical (unpaired) electrons. The molecule has 0 aromatic rings. The maximum atomic E-state index is 11.7. The fraction of sp³-hybridized carbons (Fsp3) is 0.667. The van der Waals surface area contributed by atoms with Crippen LogP contribution in [0.4, 0.5) is 0 Å². The van der Waals surface area contributed by atoms with Gasteiger partial charge in [-0.05, 0) is 20.3 Å². The first kappa shape index (κ1) is 12.7. The molecule has 0 bridgehead atoms. The highest BCUT2D eigenvalue weighted by Gasteiger charge is 2.49. The van der Waals surface area contributed by atoms with Crippen molar-refractivity contribution in [3.05, 3.63) is 12.2 Å². The van der Waals surface area contributed by atoms with E-state index < -0.39 is 17.5 Å². The number of hydrogen-bond acceptors (Lipinski definition) is 4. The topological polar surface area (TPSA) is 52.6 Å². The summed E-state index contributed by atoms with van der Waals surface area (Å²) in [5.41, 5.74) is -0.338. The molecule has 0 amide bonds. The molecule has 2 unspecified atom stereocenters. The van der Waals surface area contributed by atoms with E-state index in [0.29, 0.717) is 25.0 Å². The van der Waals surface area contributed by atoms with Crippen LogP contribution in [-0.2, 0) is 19.1 Å². The van der Waals surface area contributed by atoms with Crippen LogP contribution in [0, 0.1) is 5.41 Å². The average Bonchev–Trinajstić information content (AvgIpc) is 2.60. The van der Waals surface area contributed by atoms with E-state index in [2.05, 4.69) is 6.58 Å². The van der Waals surface area contributed by atoms with Crippen LogP contribution in [-0.4, -0.2) is 24.6 Å². The summed E-state index contributed by atoms with van der Waals surface area (Å²) in [4.78, 5) is 23.1. The lowest BCUT2D eigenvalue weighted by Gasteiger charge is -2.29. The molecule has 1 heterocycles. The smallest absolute Gasteiger partial charge is 0.333 e. The molecule has 16 heavy (non-hydrogen) atoms. The third kappa shape index (κ3) is 2.10. The average molecular weight is 226 g/mol. The zero-order valence-corrected chi connectivity index (χ0v) is 10.0. The van der Waals surface area contributed by atoms with Crippen molar-refractivity contribution in [1.82, 2.24) is 0 Å². The van der Waals surface area contributed by atoms with Crippen LogP contribution in [0.1, 0.15) is 33.6 Å². The summed E-state index contributed by atoms with van der Waals surface area (Å²) < 4.78 is 10.2. The van der Waals surface area contributed by atoms with Crippen molar-refractivity contribution in [1.29, 1.82) is 0 Å². The summed E-state index contributed by atoms with van der Waals surface area (Å²) in [6, 6.07) is 0. The second kappa shape index (κ2) is 4.68. The number of esters is 2. The highest BCUT2D eigenvalue weighted by molar-refractivity contribution is 5.87. The molecule has 1 saturated heterocycles. The molecule has 0 aromatic carbocycles. The van der Waals surface area contributed by atoms with Gasteiger partial charge in [0, 0.05) is 12.0 Å². The lowest BCUT2D eigenvalue weighted by Crippen LogP contribution is -2.40. The Morgan fingerprint density at radius 3 is 2.69 bits per heavy atom. The van der Waals surface area contributed by atoms with Gasteiger partial charge in [0.2, 0.25) is 0 Å². The van der Waals surface area contributed by atoms with Crippen molar-refractivity contribution in [3.63, 3.8) is 0 Å². The van der Waals surface area contributed by atoms with Crippen molar-refractivity contribution < 1.29 is 19.1 Å². The summed E-state index contributed by atoms with van der Waals surface area (Å²) in [7, 11) is 0. The number of hydrogen-bond donors (Lipinski definition) is 0. The van der Waals surface area contributed by atoms with E-state index in [4.69, 9.17) is 9.47 Å². The molecule has 1 aliphatic heterocycles. The number of ether oxygens (including phenoxy) is 2. The minimum atomic E-state index is -0.675. The van der Waals surface area contributed by atoms with E-state index in [-0.39, 0.29) is 5.97 Å². The molecule has 1 fully saturated rings. The summed E-state index contributed by atoms with van der Waals surface area (Å²) >= 11 is 0. The molecule has 1 rings (SSSR count). The first-order valence-electron chi connectivity index (χ1n) is 5.47. The van der Waals surface area contributed by atoms with Gasteiger partial charge in [0.15, 0.2) is 0 Å². The van der Waals surface area contributed by atoms with Crippen LogP contribution >= 0.6 is 0 Å². The highest BCUT2D eigenvalue weighted by atomic mass is 16.6. The Kier molecular flexibility index (Phi) is 3.73. The molecule has 90 valence electrons.